The molecule has 11 heavy (non-hydrogen) atoms. The van der Waals surface area contributed by atoms with Gasteiger partial charge in [0.2, 0.25) is 5.91 Å². The highest BCUT2D eigenvalue weighted by Gasteiger charge is 2.22. The van der Waals surface area contributed by atoms with E-state index in [2.05, 4.69) is 5.32 Å². The average molecular weight is 176 g/mol. The average Bonchev–Trinajstić information content (AvgIpc) is 2.05. The fourth-order valence-electron chi connectivity index (χ4n) is 1.12. The van der Waals surface area contributed by atoms with Crippen molar-refractivity contribution in [3.8, 4) is 0 Å². The van der Waals surface area contributed by atoms with Crippen LogP contribution in [0.5, 0.6) is 0 Å². The van der Waals surface area contributed by atoms with E-state index in [-0.39, 0.29) is 23.5 Å². The zero-order valence-electron chi connectivity index (χ0n) is 6.10. The molecule has 1 rings (SSSR count). The molecule has 0 aliphatic carbocycles. The maximum Gasteiger partial charge on any atom is 0.220 e. The Hall–Kier alpha value is -0.570. The van der Waals surface area contributed by atoms with Crippen LogP contribution in [0.15, 0.2) is 0 Å². The van der Waals surface area contributed by atoms with Gasteiger partial charge in [-0.05, 0) is 6.42 Å². The fourth-order valence-corrected chi connectivity index (χ4v) is 1.33. The number of alkyl halides is 1. The van der Waals surface area contributed by atoms with E-state index in [9.17, 15) is 9.59 Å². The second kappa shape index (κ2) is 3.72. The van der Waals surface area contributed by atoms with Crippen molar-refractivity contribution in [1.82, 2.24) is 5.32 Å². The largest absolute Gasteiger partial charge is 0.355 e. The van der Waals surface area contributed by atoms with Gasteiger partial charge in [-0.3, -0.25) is 9.59 Å². The summed E-state index contributed by atoms with van der Waals surface area (Å²) in [6.45, 7) is 0.463. The highest BCUT2D eigenvalue weighted by molar-refractivity contribution is 6.28. The molecule has 1 aliphatic heterocycles. The van der Waals surface area contributed by atoms with E-state index in [4.69, 9.17) is 11.6 Å². The van der Waals surface area contributed by atoms with Crippen molar-refractivity contribution in [1.29, 1.82) is 0 Å². The number of piperidine rings is 1. The van der Waals surface area contributed by atoms with Gasteiger partial charge in [-0.2, -0.15) is 0 Å². The Kier molecular flexibility index (Phi) is 2.88. The molecule has 0 bridgehead atoms. The minimum Gasteiger partial charge on any atom is -0.355 e. The van der Waals surface area contributed by atoms with Crippen molar-refractivity contribution >= 4 is 23.3 Å². The maximum atomic E-state index is 11.0. The van der Waals surface area contributed by atoms with Crippen LogP contribution < -0.4 is 5.32 Å². The Labute approximate surface area is 70.1 Å². The van der Waals surface area contributed by atoms with Crippen LogP contribution in [0, 0.1) is 5.92 Å². The van der Waals surface area contributed by atoms with Gasteiger partial charge in [0.1, 0.15) is 0 Å². The third kappa shape index (κ3) is 2.19. The maximum absolute atomic E-state index is 11.0. The third-order valence-electron chi connectivity index (χ3n) is 1.85. The summed E-state index contributed by atoms with van der Waals surface area (Å²) in [6.07, 6.45) is 1.10. The summed E-state index contributed by atoms with van der Waals surface area (Å²) in [4.78, 5) is 21.7. The van der Waals surface area contributed by atoms with Gasteiger partial charge in [0.15, 0.2) is 5.78 Å². The number of carbonyl (C=O) groups is 2. The molecule has 0 aromatic carbocycles. The Morgan fingerprint density at radius 2 is 2.45 bits per heavy atom. The SMILES string of the molecule is O=C1CCC(C(=O)CCl)CN1. The number of nitrogens with one attached hydrogen (secondary N) is 1. The van der Waals surface area contributed by atoms with Gasteiger partial charge in [0.25, 0.3) is 0 Å². The summed E-state index contributed by atoms with van der Waals surface area (Å²) in [7, 11) is 0. The Balaban J connectivity index is 2.39. The summed E-state index contributed by atoms with van der Waals surface area (Å²) in [5.41, 5.74) is 0. The Morgan fingerprint density at radius 1 is 1.73 bits per heavy atom. The second-order valence-electron chi connectivity index (χ2n) is 2.64. The monoisotopic (exact) mass is 175 g/mol. The highest BCUT2D eigenvalue weighted by atomic mass is 35.5. The summed E-state index contributed by atoms with van der Waals surface area (Å²) in [5, 5.41) is 2.63. The molecule has 1 aliphatic rings. The van der Waals surface area contributed by atoms with E-state index < -0.39 is 0 Å². The predicted octanol–water partition coefficient (Wildman–Crippen LogP) is 0.320. The summed E-state index contributed by atoms with van der Waals surface area (Å²) in [6, 6.07) is 0. The van der Waals surface area contributed by atoms with Crippen LogP contribution in [-0.2, 0) is 9.59 Å². The third-order valence-corrected chi connectivity index (χ3v) is 2.12. The highest BCUT2D eigenvalue weighted by Crippen LogP contribution is 2.12. The van der Waals surface area contributed by atoms with Crippen LogP contribution in [0.4, 0.5) is 0 Å². The molecule has 1 N–H and O–H groups in total. The van der Waals surface area contributed by atoms with Crippen LogP contribution in [0.3, 0.4) is 0 Å². The lowest BCUT2D eigenvalue weighted by molar-refractivity contribution is -0.126. The first-order chi connectivity index (χ1) is 5.24. The van der Waals surface area contributed by atoms with E-state index in [0.717, 1.165) is 0 Å². The van der Waals surface area contributed by atoms with E-state index in [1.54, 1.807) is 0 Å². The lowest BCUT2D eigenvalue weighted by Crippen LogP contribution is -2.38. The minimum absolute atomic E-state index is 0.0311. The van der Waals surface area contributed by atoms with Gasteiger partial charge in [0, 0.05) is 18.9 Å². The molecule has 1 saturated heterocycles. The lowest BCUT2D eigenvalue weighted by atomic mass is 9.96. The van der Waals surface area contributed by atoms with Crippen LogP contribution in [0.25, 0.3) is 0 Å². The number of ketones is 1. The van der Waals surface area contributed by atoms with Crippen LogP contribution in [0.1, 0.15) is 12.8 Å². The molecular formula is C7H10ClNO2. The van der Waals surface area contributed by atoms with E-state index in [1.807, 2.05) is 0 Å². The number of hydrogen-bond donors (Lipinski definition) is 1. The van der Waals surface area contributed by atoms with E-state index in [0.29, 0.717) is 19.4 Å². The predicted molar refractivity (Wildman–Crippen MR) is 41.5 cm³/mol. The van der Waals surface area contributed by atoms with Crippen LogP contribution in [0.2, 0.25) is 0 Å². The molecule has 1 atom stereocenters. The standard InChI is InChI=1S/C7H10ClNO2/c8-3-6(10)5-1-2-7(11)9-4-5/h5H,1-4H2,(H,9,11). The molecule has 3 nitrogen and oxygen atoms in total. The molecule has 1 fully saturated rings. The molecule has 0 aromatic rings. The van der Waals surface area contributed by atoms with Crippen molar-refractivity contribution < 1.29 is 9.59 Å². The summed E-state index contributed by atoms with van der Waals surface area (Å²) < 4.78 is 0. The van der Waals surface area contributed by atoms with Gasteiger partial charge in [-0.25, -0.2) is 0 Å². The number of hydrogen-bond acceptors (Lipinski definition) is 2. The summed E-state index contributed by atoms with van der Waals surface area (Å²) in [5.74, 6) is 0.0704. The first kappa shape index (κ1) is 8.53. The Morgan fingerprint density at radius 3 is 2.91 bits per heavy atom. The van der Waals surface area contributed by atoms with Gasteiger partial charge >= 0.3 is 0 Å². The fraction of sp³-hybridized carbons (Fsp3) is 0.714. The van der Waals surface area contributed by atoms with Crippen molar-refractivity contribution in [2.24, 2.45) is 5.92 Å². The molecule has 4 heteroatoms. The first-order valence-electron chi connectivity index (χ1n) is 3.59. The minimum atomic E-state index is -0.0507. The summed E-state index contributed by atoms with van der Waals surface area (Å²) >= 11 is 5.36. The number of Topliss-reactive ketones (excluding diaryl/α,β-unsaturated/α-hetero) is 1. The smallest absolute Gasteiger partial charge is 0.220 e. The van der Waals surface area contributed by atoms with E-state index in [1.165, 1.54) is 0 Å². The molecule has 0 saturated carbocycles. The number of halogens is 1. The van der Waals surface area contributed by atoms with Crippen LogP contribution in [-0.4, -0.2) is 24.1 Å². The van der Waals surface area contributed by atoms with Gasteiger partial charge in [-0.1, -0.05) is 0 Å². The Bertz CT molecular complexity index is 171. The van der Waals surface area contributed by atoms with Crippen molar-refractivity contribution in [3.63, 3.8) is 0 Å². The van der Waals surface area contributed by atoms with Gasteiger partial charge in [0.05, 0.1) is 5.88 Å². The van der Waals surface area contributed by atoms with Crippen molar-refractivity contribution in [2.75, 3.05) is 12.4 Å². The molecule has 0 radical (unpaired) electrons. The zero-order valence-corrected chi connectivity index (χ0v) is 6.86. The molecule has 62 valence electrons. The van der Waals surface area contributed by atoms with Crippen molar-refractivity contribution in [2.45, 2.75) is 12.8 Å². The van der Waals surface area contributed by atoms with Crippen LogP contribution >= 0.6 is 11.6 Å². The normalized spacial score (nSPS) is 24.5. The van der Waals surface area contributed by atoms with Gasteiger partial charge in [-0.15, -0.1) is 11.6 Å². The van der Waals surface area contributed by atoms with E-state index >= 15 is 0 Å². The van der Waals surface area contributed by atoms with Gasteiger partial charge < -0.3 is 5.32 Å². The number of amides is 1. The first-order valence-corrected chi connectivity index (χ1v) is 4.13. The lowest BCUT2D eigenvalue weighted by Gasteiger charge is -2.19. The zero-order chi connectivity index (χ0) is 8.27. The molecule has 1 heterocycles. The van der Waals surface area contributed by atoms with Crippen molar-refractivity contribution in [3.05, 3.63) is 0 Å². The molecular weight excluding hydrogens is 166 g/mol. The second-order valence-corrected chi connectivity index (χ2v) is 2.91. The molecule has 0 aromatic heterocycles. The molecule has 1 unspecified atom stereocenters. The molecule has 0 spiro atoms. The number of rotatable bonds is 2. The molecule has 1 amide bonds. The topological polar surface area (TPSA) is 46.2 Å². The quantitative estimate of drug-likeness (QED) is 0.615. The number of carbonyl (C=O) groups excluding carboxylic acids is 2.